The van der Waals surface area contributed by atoms with Crippen molar-refractivity contribution in [2.75, 3.05) is 0 Å². The van der Waals surface area contributed by atoms with Crippen molar-refractivity contribution < 1.29 is 27.8 Å². The molecule has 4 nitrogen and oxygen atoms in total. The summed E-state index contributed by atoms with van der Waals surface area (Å²) < 4.78 is 46.9. The molecule has 3 aromatic rings. The molecule has 2 unspecified atom stereocenters. The largest absolute Gasteiger partial charge is 0.489 e. The molecular weight excluding hydrogens is 455 g/mol. The average molecular weight is 484 g/mol. The molecule has 0 aromatic heterocycles. The van der Waals surface area contributed by atoms with Gasteiger partial charge in [0.05, 0.1) is 11.5 Å². The molecule has 184 valence electrons. The Bertz CT molecular complexity index is 1130. The topological polar surface area (TPSA) is 58.6 Å². The van der Waals surface area contributed by atoms with E-state index in [1.807, 2.05) is 12.1 Å². The van der Waals surface area contributed by atoms with Gasteiger partial charge in [0.15, 0.2) is 0 Å². The zero-order valence-electron chi connectivity index (χ0n) is 19.2. The lowest BCUT2D eigenvalue weighted by molar-refractivity contribution is -0.143. The molecule has 3 aromatic carbocycles. The number of rotatable bonds is 8. The van der Waals surface area contributed by atoms with Gasteiger partial charge in [0.1, 0.15) is 12.4 Å². The first-order valence-electron chi connectivity index (χ1n) is 11.7. The van der Waals surface area contributed by atoms with Gasteiger partial charge < -0.3 is 15.2 Å². The van der Waals surface area contributed by atoms with Crippen molar-refractivity contribution in [3.63, 3.8) is 0 Å². The summed E-state index contributed by atoms with van der Waals surface area (Å²) in [6.07, 6.45) is -1.23. The quantitative estimate of drug-likeness (QED) is 0.375. The second-order valence-corrected chi connectivity index (χ2v) is 8.96. The second-order valence-electron chi connectivity index (χ2n) is 8.96. The first-order chi connectivity index (χ1) is 16.8. The van der Waals surface area contributed by atoms with E-state index < -0.39 is 17.7 Å². The van der Waals surface area contributed by atoms with E-state index >= 15 is 0 Å². The number of hydrogen-bond acceptors (Lipinski definition) is 3. The zero-order valence-corrected chi connectivity index (χ0v) is 19.2. The standard InChI is InChI=1S/C28H28F3NO3/c29-28(30,31)26-15-20(11-14-25(26)21-5-2-1-3-6-21)18-35-24-12-9-19(10-13-24)17-32-23-8-4-7-22(16-23)27(33)34/h1-3,5-6,9-15,22-23,32H,4,7-8,16-18H2,(H,33,34). The van der Waals surface area contributed by atoms with Gasteiger partial charge in [-0.05, 0) is 59.7 Å². The van der Waals surface area contributed by atoms with Crippen LogP contribution in [0, 0.1) is 5.92 Å². The Balaban J connectivity index is 1.35. The molecule has 4 rings (SSSR count). The number of halogens is 3. The number of carboxylic acid groups (broad SMARTS) is 1. The second kappa shape index (κ2) is 11.0. The van der Waals surface area contributed by atoms with Crippen molar-refractivity contribution >= 4 is 5.97 Å². The van der Waals surface area contributed by atoms with Gasteiger partial charge in [-0.15, -0.1) is 0 Å². The highest BCUT2D eigenvalue weighted by Gasteiger charge is 2.34. The summed E-state index contributed by atoms with van der Waals surface area (Å²) in [5.74, 6) is -0.440. The lowest BCUT2D eigenvalue weighted by atomic mass is 9.86. The molecule has 35 heavy (non-hydrogen) atoms. The normalized spacial score (nSPS) is 18.3. The number of hydrogen-bond donors (Lipinski definition) is 2. The number of carboxylic acids is 1. The van der Waals surface area contributed by atoms with Crippen molar-refractivity contribution in [1.82, 2.24) is 5.32 Å². The Morgan fingerprint density at radius 2 is 1.69 bits per heavy atom. The van der Waals surface area contributed by atoms with E-state index in [-0.39, 0.29) is 24.1 Å². The molecule has 2 N–H and O–H groups in total. The van der Waals surface area contributed by atoms with Gasteiger partial charge in [0, 0.05) is 12.6 Å². The highest BCUT2D eigenvalue weighted by atomic mass is 19.4. The van der Waals surface area contributed by atoms with Crippen LogP contribution in [0.2, 0.25) is 0 Å². The van der Waals surface area contributed by atoms with Crippen LogP contribution in [0.15, 0.2) is 72.8 Å². The van der Waals surface area contributed by atoms with Crippen LogP contribution in [0.5, 0.6) is 5.75 Å². The van der Waals surface area contributed by atoms with E-state index in [1.165, 1.54) is 6.07 Å². The van der Waals surface area contributed by atoms with Gasteiger partial charge in [0.25, 0.3) is 0 Å². The van der Waals surface area contributed by atoms with Crippen LogP contribution in [0.25, 0.3) is 11.1 Å². The van der Waals surface area contributed by atoms with Gasteiger partial charge in [-0.2, -0.15) is 13.2 Å². The summed E-state index contributed by atoms with van der Waals surface area (Å²) in [5.41, 5.74) is 1.45. The molecule has 1 saturated carbocycles. The Labute approximate surface area is 202 Å². The number of benzene rings is 3. The smallest absolute Gasteiger partial charge is 0.417 e. The van der Waals surface area contributed by atoms with Crippen LogP contribution in [0.1, 0.15) is 42.4 Å². The number of nitrogens with one attached hydrogen (secondary N) is 1. The summed E-state index contributed by atoms with van der Waals surface area (Å²) in [6.45, 7) is 0.640. The predicted octanol–water partition coefficient (Wildman–Crippen LogP) is 6.68. The number of carbonyl (C=O) groups is 1. The fourth-order valence-corrected chi connectivity index (χ4v) is 4.52. The van der Waals surface area contributed by atoms with Crippen molar-refractivity contribution in [2.24, 2.45) is 5.92 Å². The summed E-state index contributed by atoms with van der Waals surface area (Å²) >= 11 is 0. The fourth-order valence-electron chi connectivity index (χ4n) is 4.52. The van der Waals surface area contributed by atoms with Gasteiger partial charge in [0.2, 0.25) is 0 Å². The molecule has 7 heteroatoms. The van der Waals surface area contributed by atoms with Crippen LogP contribution >= 0.6 is 0 Å². The van der Waals surface area contributed by atoms with E-state index in [2.05, 4.69) is 5.32 Å². The summed E-state index contributed by atoms with van der Waals surface area (Å²) in [4.78, 5) is 11.2. The van der Waals surface area contributed by atoms with E-state index in [4.69, 9.17) is 4.74 Å². The molecule has 1 aliphatic carbocycles. The van der Waals surface area contributed by atoms with Gasteiger partial charge >= 0.3 is 12.1 Å². The monoisotopic (exact) mass is 483 g/mol. The minimum absolute atomic E-state index is 0.0222. The Kier molecular flexibility index (Phi) is 7.76. The minimum atomic E-state index is -4.47. The van der Waals surface area contributed by atoms with E-state index in [1.54, 1.807) is 48.5 Å². The summed E-state index contributed by atoms with van der Waals surface area (Å²) in [6, 6.07) is 20.4. The highest BCUT2D eigenvalue weighted by Crippen LogP contribution is 2.37. The van der Waals surface area contributed by atoms with Crippen molar-refractivity contribution in [2.45, 2.75) is 51.1 Å². The van der Waals surface area contributed by atoms with Crippen LogP contribution in [-0.2, 0) is 24.1 Å². The van der Waals surface area contributed by atoms with Crippen LogP contribution in [-0.4, -0.2) is 17.1 Å². The van der Waals surface area contributed by atoms with Crippen molar-refractivity contribution in [3.05, 3.63) is 89.5 Å². The average Bonchev–Trinajstić information content (AvgIpc) is 2.87. The molecule has 0 aliphatic heterocycles. The summed E-state index contributed by atoms with van der Waals surface area (Å²) in [5, 5.41) is 12.7. The zero-order chi connectivity index (χ0) is 24.8. The van der Waals surface area contributed by atoms with Crippen molar-refractivity contribution in [3.8, 4) is 16.9 Å². The van der Waals surface area contributed by atoms with Gasteiger partial charge in [-0.3, -0.25) is 4.79 Å². The maximum atomic E-state index is 13.7. The van der Waals surface area contributed by atoms with E-state index in [9.17, 15) is 23.1 Å². The summed E-state index contributed by atoms with van der Waals surface area (Å²) in [7, 11) is 0. The fraction of sp³-hybridized carbons (Fsp3) is 0.321. The molecule has 0 amide bonds. The molecule has 2 atom stereocenters. The Hall–Kier alpha value is -3.32. The third-order valence-electron chi connectivity index (χ3n) is 6.42. The third kappa shape index (κ3) is 6.63. The minimum Gasteiger partial charge on any atom is -0.489 e. The molecule has 0 heterocycles. The first kappa shape index (κ1) is 24.8. The lowest BCUT2D eigenvalue weighted by Crippen LogP contribution is -2.36. The first-order valence-corrected chi connectivity index (χ1v) is 11.7. The third-order valence-corrected chi connectivity index (χ3v) is 6.42. The highest BCUT2D eigenvalue weighted by molar-refractivity contribution is 5.70. The van der Waals surface area contributed by atoms with E-state index in [0.717, 1.165) is 30.9 Å². The Morgan fingerprint density at radius 1 is 0.971 bits per heavy atom. The van der Waals surface area contributed by atoms with Crippen molar-refractivity contribution in [1.29, 1.82) is 0 Å². The number of aliphatic carboxylic acids is 1. The van der Waals surface area contributed by atoms with Crippen LogP contribution in [0.3, 0.4) is 0 Å². The molecule has 0 spiro atoms. The van der Waals surface area contributed by atoms with E-state index in [0.29, 0.717) is 29.8 Å². The molecular formula is C28H28F3NO3. The number of ether oxygens (including phenoxy) is 1. The SMILES string of the molecule is O=C(O)C1CCCC(NCc2ccc(OCc3ccc(-c4ccccc4)c(C(F)(F)F)c3)cc2)C1. The van der Waals surface area contributed by atoms with Crippen LogP contribution in [0.4, 0.5) is 13.2 Å². The predicted molar refractivity (Wildman–Crippen MR) is 128 cm³/mol. The number of alkyl halides is 3. The Morgan fingerprint density at radius 3 is 2.37 bits per heavy atom. The van der Waals surface area contributed by atoms with Gasteiger partial charge in [-0.1, -0.05) is 61.0 Å². The molecule has 0 bridgehead atoms. The maximum Gasteiger partial charge on any atom is 0.417 e. The molecule has 0 saturated heterocycles. The molecule has 0 radical (unpaired) electrons. The molecule has 1 aliphatic rings. The lowest BCUT2D eigenvalue weighted by Gasteiger charge is -2.27. The van der Waals surface area contributed by atoms with Crippen LogP contribution < -0.4 is 10.1 Å². The van der Waals surface area contributed by atoms with Gasteiger partial charge in [-0.25, -0.2) is 0 Å². The molecule has 1 fully saturated rings. The maximum absolute atomic E-state index is 13.7.